The van der Waals surface area contributed by atoms with Crippen LogP contribution in [-0.2, 0) is 9.31 Å². The third-order valence-corrected chi connectivity index (χ3v) is 3.81. The summed E-state index contributed by atoms with van der Waals surface area (Å²) in [4.78, 5) is 11.1. The molecule has 0 aliphatic carbocycles. The average Bonchev–Trinajstić information content (AvgIpc) is 2.47. The highest BCUT2D eigenvalue weighted by molar-refractivity contribution is 6.62. The van der Waals surface area contributed by atoms with Gasteiger partial charge in [-0.3, -0.25) is 4.79 Å². The van der Waals surface area contributed by atoms with Gasteiger partial charge >= 0.3 is 7.12 Å². The van der Waals surface area contributed by atoms with Crippen molar-refractivity contribution in [3.05, 3.63) is 23.8 Å². The van der Waals surface area contributed by atoms with Gasteiger partial charge < -0.3 is 20.1 Å². The molecule has 19 heavy (non-hydrogen) atoms. The van der Waals surface area contributed by atoms with Crippen LogP contribution in [0.2, 0.25) is 0 Å². The molecule has 3 N–H and O–H groups in total. The highest BCUT2D eigenvalue weighted by atomic mass is 16.7. The van der Waals surface area contributed by atoms with Crippen LogP contribution in [0.4, 0.5) is 0 Å². The smallest absolute Gasteiger partial charge is 0.494 e. The lowest BCUT2D eigenvalue weighted by Crippen LogP contribution is -2.41. The van der Waals surface area contributed by atoms with Crippen LogP contribution in [0.25, 0.3) is 0 Å². The largest absolute Gasteiger partial charge is 0.507 e. The maximum atomic E-state index is 11.1. The molecule has 1 saturated heterocycles. The van der Waals surface area contributed by atoms with Gasteiger partial charge in [0, 0.05) is 0 Å². The van der Waals surface area contributed by atoms with Gasteiger partial charge in [-0.05, 0) is 45.3 Å². The molecule has 0 radical (unpaired) electrons. The fourth-order valence-electron chi connectivity index (χ4n) is 1.88. The highest BCUT2D eigenvalue weighted by Gasteiger charge is 2.51. The molecule has 102 valence electrons. The van der Waals surface area contributed by atoms with Crippen LogP contribution in [0.3, 0.4) is 0 Å². The Balaban J connectivity index is 2.31. The normalized spacial score (nSPS) is 20.5. The predicted molar refractivity (Wildman–Crippen MR) is 72.3 cm³/mol. The topological polar surface area (TPSA) is 81.8 Å². The Morgan fingerprint density at radius 2 is 1.74 bits per heavy atom. The van der Waals surface area contributed by atoms with Crippen LogP contribution in [0.5, 0.6) is 5.75 Å². The van der Waals surface area contributed by atoms with Crippen LogP contribution >= 0.6 is 0 Å². The first-order chi connectivity index (χ1) is 8.64. The second-order valence-electron chi connectivity index (χ2n) is 5.73. The molecule has 1 aromatic carbocycles. The molecular weight excluding hydrogens is 245 g/mol. The lowest BCUT2D eigenvalue weighted by Gasteiger charge is -2.32. The van der Waals surface area contributed by atoms with Crippen molar-refractivity contribution in [3.8, 4) is 5.75 Å². The Bertz CT molecular complexity index is 511. The van der Waals surface area contributed by atoms with Crippen LogP contribution in [-0.4, -0.2) is 29.3 Å². The fourth-order valence-corrected chi connectivity index (χ4v) is 1.88. The monoisotopic (exact) mass is 263 g/mol. The van der Waals surface area contributed by atoms with E-state index in [0.717, 1.165) is 0 Å². The maximum absolute atomic E-state index is 11.1. The van der Waals surface area contributed by atoms with E-state index in [0.29, 0.717) is 5.46 Å². The van der Waals surface area contributed by atoms with Crippen LogP contribution < -0.4 is 11.2 Å². The summed E-state index contributed by atoms with van der Waals surface area (Å²) in [7, 11) is -0.571. The molecule has 5 nitrogen and oxygen atoms in total. The number of benzene rings is 1. The number of hydrogen-bond donors (Lipinski definition) is 2. The molecule has 1 heterocycles. The zero-order chi connectivity index (χ0) is 14.4. The summed E-state index contributed by atoms with van der Waals surface area (Å²) >= 11 is 0. The lowest BCUT2D eigenvalue weighted by molar-refractivity contribution is 0.00578. The molecule has 1 aromatic rings. The van der Waals surface area contributed by atoms with Gasteiger partial charge in [0.25, 0.3) is 5.91 Å². The number of aromatic hydroxyl groups is 1. The Morgan fingerprint density at radius 1 is 1.21 bits per heavy atom. The first-order valence-electron chi connectivity index (χ1n) is 6.12. The number of nitrogens with two attached hydrogens (primary N) is 1. The number of carbonyl (C=O) groups is 1. The summed E-state index contributed by atoms with van der Waals surface area (Å²) in [6.07, 6.45) is 0. The van der Waals surface area contributed by atoms with E-state index in [9.17, 15) is 9.90 Å². The number of hydrogen-bond acceptors (Lipinski definition) is 4. The molecule has 1 fully saturated rings. The van der Waals surface area contributed by atoms with E-state index < -0.39 is 24.2 Å². The standard InChI is InChI=1S/C13H18BNO4/c1-12(2)13(3,4)19-14(18-12)8-5-6-9(11(15)17)10(16)7-8/h5-7,16H,1-4H3,(H2,15,17). The van der Waals surface area contributed by atoms with Gasteiger partial charge in [0.2, 0.25) is 0 Å². The van der Waals surface area contributed by atoms with Gasteiger partial charge in [-0.25, -0.2) is 0 Å². The molecule has 0 unspecified atom stereocenters. The van der Waals surface area contributed by atoms with E-state index in [2.05, 4.69) is 0 Å². The Hall–Kier alpha value is -1.53. The van der Waals surface area contributed by atoms with Crippen molar-refractivity contribution in [1.29, 1.82) is 0 Å². The molecule has 6 heteroatoms. The molecule has 1 aliphatic heterocycles. The van der Waals surface area contributed by atoms with Crippen molar-refractivity contribution in [2.75, 3.05) is 0 Å². The van der Waals surface area contributed by atoms with Gasteiger partial charge in [0.05, 0.1) is 16.8 Å². The summed E-state index contributed by atoms with van der Waals surface area (Å²) in [6.45, 7) is 7.80. The van der Waals surface area contributed by atoms with Gasteiger partial charge in [-0.2, -0.15) is 0 Å². The fraction of sp³-hybridized carbons (Fsp3) is 0.462. The number of amides is 1. The van der Waals surface area contributed by atoms with Crippen molar-refractivity contribution in [1.82, 2.24) is 0 Å². The molecule has 0 bridgehead atoms. The first-order valence-corrected chi connectivity index (χ1v) is 6.12. The predicted octanol–water partition coefficient (Wildman–Crippen LogP) is 0.790. The number of primary amides is 1. The second kappa shape index (κ2) is 4.25. The molecule has 0 saturated carbocycles. The number of carbonyl (C=O) groups excluding carboxylic acids is 1. The zero-order valence-electron chi connectivity index (χ0n) is 11.6. The molecular formula is C13H18BNO4. The Kier molecular flexibility index (Phi) is 3.11. The quantitative estimate of drug-likeness (QED) is 0.773. The number of rotatable bonds is 2. The van der Waals surface area contributed by atoms with Gasteiger partial charge in [0.15, 0.2) is 0 Å². The van der Waals surface area contributed by atoms with E-state index >= 15 is 0 Å². The maximum Gasteiger partial charge on any atom is 0.494 e. The molecule has 0 aromatic heterocycles. The molecule has 2 rings (SSSR count). The third-order valence-electron chi connectivity index (χ3n) is 3.81. The van der Waals surface area contributed by atoms with Gasteiger partial charge in [0.1, 0.15) is 5.75 Å². The van der Waals surface area contributed by atoms with E-state index in [4.69, 9.17) is 15.0 Å². The second-order valence-corrected chi connectivity index (χ2v) is 5.73. The highest BCUT2D eigenvalue weighted by Crippen LogP contribution is 2.36. The summed E-state index contributed by atoms with van der Waals surface area (Å²) in [5.41, 5.74) is 4.98. The molecule has 0 spiro atoms. The molecule has 1 amide bonds. The van der Waals surface area contributed by atoms with Crippen molar-refractivity contribution in [3.63, 3.8) is 0 Å². The summed E-state index contributed by atoms with van der Waals surface area (Å²) in [6, 6.07) is 4.59. The van der Waals surface area contributed by atoms with Crippen LogP contribution in [0.1, 0.15) is 38.1 Å². The summed E-state index contributed by atoms with van der Waals surface area (Å²) in [5.74, 6) is -0.835. The molecule has 1 aliphatic rings. The van der Waals surface area contributed by atoms with E-state index in [-0.39, 0.29) is 11.3 Å². The van der Waals surface area contributed by atoms with E-state index in [1.807, 2.05) is 27.7 Å². The lowest BCUT2D eigenvalue weighted by atomic mass is 9.78. The van der Waals surface area contributed by atoms with Crippen molar-refractivity contribution >= 4 is 18.5 Å². The van der Waals surface area contributed by atoms with Gasteiger partial charge in [-0.15, -0.1) is 0 Å². The van der Waals surface area contributed by atoms with Gasteiger partial charge in [-0.1, -0.05) is 6.07 Å². The minimum absolute atomic E-state index is 0.0836. The minimum atomic E-state index is -0.669. The molecule has 0 atom stereocenters. The van der Waals surface area contributed by atoms with Crippen molar-refractivity contribution in [2.45, 2.75) is 38.9 Å². The Morgan fingerprint density at radius 3 is 2.16 bits per heavy atom. The third kappa shape index (κ3) is 2.33. The van der Waals surface area contributed by atoms with Crippen molar-refractivity contribution < 1.29 is 19.2 Å². The minimum Gasteiger partial charge on any atom is -0.507 e. The van der Waals surface area contributed by atoms with E-state index in [1.165, 1.54) is 12.1 Å². The van der Waals surface area contributed by atoms with Crippen LogP contribution in [0.15, 0.2) is 18.2 Å². The van der Waals surface area contributed by atoms with E-state index in [1.54, 1.807) is 6.07 Å². The summed E-state index contributed by atoms with van der Waals surface area (Å²) in [5, 5.41) is 9.77. The Labute approximate surface area is 112 Å². The average molecular weight is 263 g/mol. The van der Waals surface area contributed by atoms with Crippen LogP contribution in [0, 0.1) is 0 Å². The zero-order valence-corrected chi connectivity index (χ0v) is 11.6. The number of phenols is 1. The first kappa shape index (κ1) is 13.9. The SMILES string of the molecule is CC1(C)OB(c2ccc(C(N)=O)c(O)c2)OC1(C)C. The summed E-state index contributed by atoms with van der Waals surface area (Å²) < 4.78 is 11.7. The van der Waals surface area contributed by atoms with Crippen molar-refractivity contribution in [2.24, 2.45) is 5.73 Å².